The van der Waals surface area contributed by atoms with Crippen LogP contribution in [-0.4, -0.2) is 135 Å². The number of nitrogens with one attached hydrogen (secondary N) is 2. The average Bonchev–Trinajstić information content (AvgIpc) is 4.03. The number of amides is 1. The number of hydrogen-bond acceptors (Lipinski definition) is 17. The number of rotatable bonds is 9. The van der Waals surface area contributed by atoms with Crippen LogP contribution in [0.2, 0.25) is 0 Å². The Labute approximate surface area is 390 Å². The van der Waals surface area contributed by atoms with Gasteiger partial charge in [0, 0.05) is 138 Å². The molecule has 68 heavy (non-hydrogen) atoms. The van der Waals surface area contributed by atoms with Gasteiger partial charge in [-0.05, 0) is 48.1 Å². The van der Waals surface area contributed by atoms with E-state index in [1.54, 1.807) is 31.0 Å². The predicted octanol–water partition coefficient (Wildman–Crippen LogP) is 3.29. The van der Waals surface area contributed by atoms with Crippen LogP contribution in [0, 0.1) is 5.92 Å². The molecule has 0 bridgehead atoms. The first-order valence-electron chi connectivity index (χ1n) is 23.2. The number of fused-ring (bicyclic) bond motifs is 4. The highest BCUT2D eigenvalue weighted by Gasteiger charge is 2.29. The Morgan fingerprint density at radius 3 is 2.21 bits per heavy atom. The van der Waals surface area contributed by atoms with E-state index in [1.807, 2.05) is 39.0 Å². The van der Waals surface area contributed by atoms with E-state index in [-0.39, 0.29) is 17.6 Å². The Bertz CT molecular complexity index is 3190. The number of anilines is 4. The summed E-state index contributed by atoms with van der Waals surface area (Å²) in [6, 6.07) is 10.4. The van der Waals surface area contributed by atoms with Crippen LogP contribution in [0.4, 0.5) is 23.7 Å². The van der Waals surface area contributed by atoms with E-state index in [2.05, 4.69) is 78.2 Å². The van der Waals surface area contributed by atoms with Gasteiger partial charge in [-0.1, -0.05) is 18.2 Å². The van der Waals surface area contributed by atoms with Crippen LogP contribution in [0.1, 0.15) is 55.1 Å². The third kappa shape index (κ3) is 7.84. The molecule has 1 amide bonds. The zero-order valence-electron chi connectivity index (χ0n) is 37.3. The van der Waals surface area contributed by atoms with Gasteiger partial charge in [0.25, 0.3) is 5.91 Å². The number of carbonyl (C=O) groups excluding carboxylic acids is 2. The number of aromatic nitrogens is 12. The number of nitrogens with zero attached hydrogens (tertiary/aromatic N) is 15. The largest absolute Gasteiger partial charge is 0.383 e. The third-order valence-corrected chi connectivity index (χ3v) is 13.7. The van der Waals surface area contributed by atoms with E-state index in [0.717, 1.165) is 92.3 Å². The predicted molar refractivity (Wildman–Crippen MR) is 254 cm³/mol. The molecule has 8 aromatic rings. The summed E-state index contributed by atoms with van der Waals surface area (Å²) < 4.78 is 1.87. The van der Waals surface area contributed by atoms with E-state index in [0.29, 0.717) is 84.7 Å². The van der Waals surface area contributed by atoms with Crippen LogP contribution in [0.25, 0.3) is 33.3 Å². The van der Waals surface area contributed by atoms with Crippen molar-refractivity contribution in [1.29, 1.82) is 0 Å². The molecule has 1 unspecified atom stereocenters. The van der Waals surface area contributed by atoms with Crippen LogP contribution in [0.5, 0.6) is 0 Å². The van der Waals surface area contributed by atoms with Crippen molar-refractivity contribution in [2.75, 3.05) is 79.3 Å². The quantitative estimate of drug-likeness (QED) is 0.176. The molecule has 4 aliphatic rings. The summed E-state index contributed by atoms with van der Waals surface area (Å²) in [4.78, 5) is 79.9. The number of aromatic amines is 1. The van der Waals surface area contributed by atoms with Crippen molar-refractivity contribution in [1.82, 2.24) is 69.8 Å². The normalized spacial score (nSPS) is 17.4. The Morgan fingerprint density at radius 1 is 0.706 bits per heavy atom. The second kappa shape index (κ2) is 17.3. The fourth-order valence-electron chi connectivity index (χ4n) is 9.93. The number of Topliss-reactive ketones (excluding diaryl/α,β-unsaturated/α-hetero) is 1. The van der Waals surface area contributed by atoms with Gasteiger partial charge in [-0.15, -0.1) is 0 Å². The number of aryl methyl sites for hydroxylation is 1. The van der Waals surface area contributed by atoms with Gasteiger partial charge in [0.1, 0.15) is 23.5 Å². The molecule has 342 valence electrons. The summed E-state index contributed by atoms with van der Waals surface area (Å²) in [7, 11) is 0. The molecule has 3 aliphatic heterocycles. The highest BCUT2D eigenvalue weighted by atomic mass is 16.2. The van der Waals surface area contributed by atoms with Gasteiger partial charge < -0.3 is 35.6 Å². The maximum Gasteiger partial charge on any atom is 0.257 e. The molecule has 1 atom stereocenters. The molecule has 0 spiro atoms. The van der Waals surface area contributed by atoms with Crippen molar-refractivity contribution in [2.45, 2.75) is 38.8 Å². The maximum absolute atomic E-state index is 13.8. The van der Waals surface area contributed by atoms with E-state index in [1.165, 1.54) is 23.0 Å². The highest BCUT2D eigenvalue weighted by molar-refractivity contribution is 6.00. The Morgan fingerprint density at radius 2 is 1.43 bits per heavy atom. The number of piperazine rings is 2. The molecule has 20 heteroatoms. The van der Waals surface area contributed by atoms with E-state index < -0.39 is 0 Å². The summed E-state index contributed by atoms with van der Waals surface area (Å²) in [5.41, 5.74) is 16.1. The zero-order valence-corrected chi connectivity index (χ0v) is 37.3. The highest BCUT2D eigenvalue weighted by Crippen LogP contribution is 2.33. The van der Waals surface area contributed by atoms with Gasteiger partial charge in [-0.25, -0.2) is 49.5 Å². The van der Waals surface area contributed by atoms with E-state index in [4.69, 9.17) is 15.8 Å². The molecule has 12 rings (SSSR count). The van der Waals surface area contributed by atoms with Gasteiger partial charge in [-0.3, -0.25) is 9.59 Å². The lowest BCUT2D eigenvalue weighted by Crippen LogP contribution is -2.49. The van der Waals surface area contributed by atoms with Crippen LogP contribution < -0.4 is 25.8 Å². The first-order valence-corrected chi connectivity index (χ1v) is 23.2. The Kier molecular flexibility index (Phi) is 10.6. The van der Waals surface area contributed by atoms with Gasteiger partial charge in [0.15, 0.2) is 11.4 Å². The van der Waals surface area contributed by atoms with E-state index in [9.17, 15) is 9.59 Å². The minimum absolute atomic E-state index is 0.0511. The van der Waals surface area contributed by atoms with Crippen molar-refractivity contribution in [2.24, 2.45) is 5.92 Å². The molecule has 0 saturated carbocycles. The second-order valence-electron chi connectivity index (χ2n) is 17.9. The summed E-state index contributed by atoms with van der Waals surface area (Å²) >= 11 is 0. The standard InChI is InChI=1S/C48H48N18O2/c49-42-39-40(34-19-33-5-8-51-43(33)52-21-34)61-66(44(39)59-28-58-42)27-29-1-2-31-18-32(4-3-30(31)17-29)41(67)36-23-53-46(54-24-36)63-11-9-62(10-12-63)45(68)37-25-55-47(56-26-37)64-13-15-65(16-14-64)48-57-22-35-20-50-7-6-38(35)60-48/h1-2,5,8,17,19,21-26,28,32,50H,3-4,6-7,9-16,18,20,27H2,(H,51,52)(H2,49,58,59). The van der Waals surface area contributed by atoms with Crippen molar-refractivity contribution in [3.63, 3.8) is 0 Å². The van der Waals surface area contributed by atoms with Crippen molar-refractivity contribution >= 4 is 57.4 Å². The fourth-order valence-corrected chi connectivity index (χ4v) is 9.93. The van der Waals surface area contributed by atoms with Crippen molar-refractivity contribution in [3.05, 3.63) is 119 Å². The molecular formula is C48H48N18O2. The number of nitrogen functional groups attached to an aromatic ring is 1. The molecule has 2 fully saturated rings. The smallest absolute Gasteiger partial charge is 0.257 e. The lowest BCUT2D eigenvalue weighted by Gasteiger charge is -2.35. The van der Waals surface area contributed by atoms with Crippen molar-refractivity contribution in [3.8, 4) is 11.3 Å². The van der Waals surface area contributed by atoms with Crippen LogP contribution in [0.15, 0.2) is 80.0 Å². The lowest BCUT2D eigenvalue weighted by molar-refractivity contribution is 0.0745. The number of nitrogens with two attached hydrogens (primary N) is 1. The van der Waals surface area contributed by atoms with E-state index >= 15 is 0 Å². The van der Waals surface area contributed by atoms with Gasteiger partial charge in [0.2, 0.25) is 17.8 Å². The molecule has 2 saturated heterocycles. The summed E-state index contributed by atoms with van der Waals surface area (Å²) in [5.74, 6) is 2.08. The molecule has 4 N–H and O–H groups in total. The summed E-state index contributed by atoms with van der Waals surface area (Å²) in [5, 5.41) is 10.0. The maximum atomic E-state index is 13.8. The first-order chi connectivity index (χ1) is 33.4. The molecule has 7 aromatic heterocycles. The number of benzene rings is 1. The van der Waals surface area contributed by atoms with Crippen LogP contribution in [-0.2, 0) is 32.4 Å². The van der Waals surface area contributed by atoms with Gasteiger partial charge in [0.05, 0.1) is 28.8 Å². The number of pyridine rings is 1. The Balaban J connectivity index is 0.633. The molecule has 20 nitrogen and oxygen atoms in total. The number of H-pyrrole nitrogens is 1. The molecule has 1 aromatic carbocycles. The number of ketones is 1. The Hall–Kier alpha value is -8.00. The molecule has 10 heterocycles. The molecular weight excluding hydrogens is 861 g/mol. The monoisotopic (exact) mass is 908 g/mol. The SMILES string of the molecule is Nc1ncnc2c1c(-c1cnc3[nH]ccc3c1)nn2Cc1ccc2c(c1)CCC(C(=O)c1cnc(N3CCN(C(=O)c4cnc(N5CCN(c6ncc7c(n6)CCNC7)CC5)nc4)CC3)nc1)C2. The average molecular weight is 909 g/mol. The topological polar surface area (TPSA) is 235 Å². The summed E-state index contributed by atoms with van der Waals surface area (Å²) in [6.45, 7) is 7.39. The second-order valence-corrected chi connectivity index (χ2v) is 17.9. The first kappa shape index (κ1) is 41.4. The zero-order chi connectivity index (χ0) is 45.7. The van der Waals surface area contributed by atoms with Crippen LogP contribution in [0.3, 0.4) is 0 Å². The minimum Gasteiger partial charge on any atom is -0.383 e. The van der Waals surface area contributed by atoms with Gasteiger partial charge in [-0.2, -0.15) is 5.10 Å². The summed E-state index contributed by atoms with van der Waals surface area (Å²) in [6.07, 6.45) is 16.7. The fraction of sp³-hybridized carbons (Fsp3) is 0.333. The molecule has 1 aliphatic carbocycles. The number of hydrogen-bond donors (Lipinski definition) is 3. The number of carbonyl (C=O) groups is 2. The van der Waals surface area contributed by atoms with Crippen molar-refractivity contribution < 1.29 is 9.59 Å². The van der Waals surface area contributed by atoms with Crippen LogP contribution >= 0.6 is 0 Å². The minimum atomic E-state index is -0.165. The lowest BCUT2D eigenvalue weighted by atomic mass is 9.80. The molecule has 0 radical (unpaired) electrons. The third-order valence-electron chi connectivity index (χ3n) is 13.7. The van der Waals surface area contributed by atoms with Gasteiger partial charge >= 0.3 is 0 Å².